The molecule has 2 amide bonds. The maximum absolute atomic E-state index is 13.5. The molecule has 3 rings (SSSR count). The van der Waals surface area contributed by atoms with E-state index >= 15 is 0 Å². The van der Waals surface area contributed by atoms with Gasteiger partial charge in [-0.1, -0.05) is 35.9 Å². The van der Waals surface area contributed by atoms with Gasteiger partial charge in [0.15, 0.2) is 0 Å². The van der Waals surface area contributed by atoms with Gasteiger partial charge >= 0.3 is 0 Å². The molecule has 4 nitrogen and oxygen atoms in total. The fourth-order valence-electron chi connectivity index (χ4n) is 3.43. The van der Waals surface area contributed by atoms with Crippen molar-refractivity contribution in [1.29, 1.82) is 0 Å². The van der Waals surface area contributed by atoms with Gasteiger partial charge < -0.3 is 9.80 Å². The minimum Gasteiger partial charge on any atom is -0.332 e. The Morgan fingerprint density at radius 1 is 0.970 bits per heavy atom. The summed E-state index contributed by atoms with van der Waals surface area (Å²) in [5.74, 6) is -0.814. The largest absolute Gasteiger partial charge is 0.332 e. The Bertz CT molecular complexity index is 1120. The maximum atomic E-state index is 13.5. The average Bonchev–Trinajstić information content (AvgIpc) is 3.16. The quantitative estimate of drug-likeness (QED) is 0.392. The molecular formula is C26H28ClFN2O2S. The van der Waals surface area contributed by atoms with Gasteiger partial charge in [-0.05, 0) is 69.7 Å². The zero-order chi connectivity index (χ0) is 24.2. The number of rotatable bonds is 7. The van der Waals surface area contributed by atoms with E-state index in [0.29, 0.717) is 23.7 Å². The molecule has 0 radical (unpaired) electrons. The molecule has 33 heavy (non-hydrogen) atoms. The Balaban J connectivity index is 1.87. The number of benzene rings is 2. The van der Waals surface area contributed by atoms with Crippen LogP contribution in [0.25, 0.3) is 0 Å². The van der Waals surface area contributed by atoms with Crippen LogP contribution in [0.1, 0.15) is 46.4 Å². The van der Waals surface area contributed by atoms with Crippen molar-refractivity contribution in [2.24, 2.45) is 0 Å². The second-order valence-electron chi connectivity index (χ2n) is 8.93. The molecular weight excluding hydrogens is 459 g/mol. The van der Waals surface area contributed by atoms with E-state index in [1.54, 1.807) is 57.5 Å². The first kappa shape index (κ1) is 24.9. The molecule has 3 aromatic rings. The third-order valence-electron chi connectivity index (χ3n) is 5.23. The molecule has 1 heterocycles. The number of amides is 2. The summed E-state index contributed by atoms with van der Waals surface area (Å²) >= 11 is 7.89. The van der Waals surface area contributed by atoms with Gasteiger partial charge in [0.2, 0.25) is 5.91 Å². The maximum Gasteiger partial charge on any atom is 0.256 e. The minimum atomic E-state index is -0.604. The third kappa shape index (κ3) is 6.65. The first-order valence-corrected chi connectivity index (χ1v) is 11.9. The van der Waals surface area contributed by atoms with Crippen LogP contribution in [0.5, 0.6) is 0 Å². The number of carbonyl (C=O) groups is 2. The number of halogens is 2. The fraction of sp³-hybridized carbons (Fsp3) is 0.308. The molecule has 174 valence electrons. The Morgan fingerprint density at radius 2 is 1.64 bits per heavy atom. The first-order valence-electron chi connectivity index (χ1n) is 10.7. The zero-order valence-corrected chi connectivity index (χ0v) is 20.8. The summed E-state index contributed by atoms with van der Waals surface area (Å²) in [6.45, 7) is 8.32. The highest BCUT2D eigenvalue weighted by atomic mass is 35.5. The molecule has 0 N–H and O–H groups in total. The van der Waals surface area contributed by atoms with Gasteiger partial charge in [-0.2, -0.15) is 0 Å². The summed E-state index contributed by atoms with van der Waals surface area (Å²) in [5, 5.41) is 0.349. The molecule has 0 bridgehead atoms. The van der Waals surface area contributed by atoms with Crippen LogP contribution in [0.15, 0.2) is 60.7 Å². The third-order valence-corrected chi connectivity index (χ3v) is 6.55. The second kappa shape index (κ2) is 10.5. The van der Waals surface area contributed by atoms with Gasteiger partial charge in [0, 0.05) is 21.8 Å². The fourth-order valence-corrected chi connectivity index (χ4v) is 4.55. The molecule has 0 spiro atoms. The van der Waals surface area contributed by atoms with E-state index in [-0.39, 0.29) is 24.2 Å². The molecule has 2 aromatic carbocycles. The minimum absolute atomic E-state index is 0.0981. The Morgan fingerprint density at radius 3 is 2.21 bits per heavy atom. The standard InChI is InChI=1S/C26H28ClFN2O2S/c1-18-9-14-21(33-18)16-29(15-19-10-12-20(28)13-11-19)24(31)17-30(26(2,3)4)25(32)22-7-5-6-8-23(22)27/h5-14H,15-17H2,1-4H3. The van der Waals surface area contributed by atoms with Crippen LogP contribution in [0.2, 0.25) is 5.02 Å². The van der Waals surface area contributed by atoms with Crippen molar-refractivity contribution in [3.8, 4) is 0 Å². The van der Waals surface area contributed by atoms with Crippen molar-refractivity contribution in [3.63, 3.8) is 0 Å². The van der Waals surface area contributed by atoms with Crippen LogP contribution < -0.4 is 0 Å². The van der Waals surface area contributed by atoms with Gasteiger partial charge in [-0.15, -0.1) is 11.3 Å². The molecule has 0 saturated carbocycles. The highest BCUT2D eigenvalue weighted by Gasteiger charge is 2.32. The smallest absolute Gasteiger partial charge is 0.256 e. The molecule has 0 atom stereocenters. The van der Waals surface area contributed by atoms with Gasteiger partial charge in [0.25, 0.3) is 5.91 Å². The van der Waals surface area contributed by atoms with E-state index < -0.39 is 5.54 Å². The lowest BCUT2D eigenvalue weighted by Crippen LogP contribution is -2.51. The van der Waals surface area contributed by atoms with Gasteiger partial charge in [0.1, 0.15) is 12.4 Å². The van der Waals surface area contributed by atoms with E-state index in [4.69, 9.17) is 11.6 Å². The summed E-state index contributed by atoms with van der Waals surface area (Å²) in [7, 11) is 0. The molecule has 0 aliphatic carbocycles. The highest BCUT2D eigenvalue weighted by molar-refractivity contribution is 7.11. The number of carbonyl (C=O) groups excluding carboxylic acids is 2. The molecule has 0 unspecified atom stereocenters. The monoisotopic (exact) mass is 486 g/mol. The molecule has 0 aliphatic rings. The Hall–Kier alpha value is -2.70. The molecule has 7 heteroatoms. The van der Waals surface area contributed by atoms with Gasteiger partial charge in [-0.3, -0.25) is 9.59 Å². The van der Waals surface area contributed by atoms with Crippen LogP contribution in [-0.4, -0.2) is 33.7 Å². The van der Waals surface area contributed by atoms with E-state index in [1.807, 2.05) is 39.8 Å². The zero-order valence-electron chi connectivity index (χ0n) is 19.3. The number of thiophene rings is 1. The molecule has 0 fully saturated rings. The molecule has 0 saturated heterocycles. The predicted molar refractivity (Wildman–Crippen MR) is 132 cm³/mol. The van der Waals surface area contributed by atoms with Gasteiger partial charge in [0.05, 0.1) is 17.1 Å². The van der Waals surface area contributed by atoms with Crippen molar-refractivity contribution in [3.05, 3.63) is 92.4 Å². The van der Waals surface area contributed by atoms with Crippen molar-refractivity contribution in [2.45, 2.75) is 46.3 Å². The molecule has 1 aromatic heterocycles. The van der Waals surface area contributed by atoms with Crippen molar-refractivity contribution in [2.75, 3.05) is 6.54 Å². The summed E-state index contributed by atoms with van der Waals surface area (Å²) in [5.41, 5.74) is 0.575. The Kier molecular flexibility index (Phi) is 7.92. The van der Waals surface area contributed by atoms with Crippen LogP contribution >= 0.6 is 22.9 Å². The topological polar surface area (TPSA) is 40.6 Å². The van der Waals surface area contributed by atoms with E-state index in [1.165, 1.54) is 12.1 Å². The van der Waals surface area contributed by atoms with Gasteiger partial charge in [-0.25, -0.2) is 4.39 Å². The predicted octanol–water partition coefficient (Wildman–Crippen LogP) is 6.32. The van der Waals surface area contributed by atoms with Crippen molar-refractivity contribution >= 4 is 34.8 Å². The number of hydrogen-bond donors (Lipinski definition) is 0. The SMILES string of the molecule is Cc1ccc(CN(Cc2ccc(F)cc2)C(=O)CN(C(=O)c2ccccc2Cl)C(C)(C)C)s1. The van der Waals surface area contributed by atoms with Crippen molar-refractivity contribution in [1.82, 2.24) is 9.80 Å². The van der Waals surface area contributed by atoms with Crippen LogP contribution in [0.4, 0.5) is 4.39 Å². The summed E-state index contributed by atoms with van der Waals surface area (Å²) in [6, 6.07) is 17.0. The molecule has 0 aliphatic heterocycles. The lowest BCUT2D eigenvalue weighted by atomic mass is 10.0. The number of nitrogens with zero attached hydrogens (tertiary/aromatic N) is 2. The van der Waals surface area contributed by atoms with Crippen LogP contribution in [0.3, 0.4) is 0 Å². The highest BCUT2D eigenvalue weighted by Crippen LogP contribution is 2.24. The van der Waals surface area contributed by atoms with Crippen LogP contribution in [0, 0.1) is 12.7 Å². The van der Waals surface area contributed by atoms with Crippen LogP contribution in [-0.2, 0) is 17.9 Å². The normalized spacial score (nSPS) is 11.3. The summed E-state index contributed by atoms with van der Waals surface area (Å²) < 4.78 is 13.4. The number of aryl methyl sites for hydroxylation is 1. The van der Waals surface area contributed by atoms with Crippen molar-refractivity contribution < 1.29 is 14.0 Å². The second-order valence-corrected chi connectivity index (χ2v) is 10.7. The first-order chi connectivity index (χ1) is 15.5. The van der Waals surface area contributed by atoms with E-state index in [9.17, 15) is 14.0 Å². The Labute approximate surface area is 203 Å². The lowest BCUT2D eigenvalue weighted by Gasteiger charge is -2.37. The summed E-state index contributed by atoms with van der Waals surface area (Å²) in [4.78, 5) is 32.3. The average molecular weight is 487 g/mol. The van der Waals surface area contributed by atoms with E-state index in [2.05, 4.69) is 0 Å². The van der Waals surface area contributed by atoms with E-state index in [0.717, 1.165) is 15.3 Å². The number of hydrogen-bond acceptors (Lipinski definition) is 3. The summed E-state index contributed by atoms with van der Waals surface area (Å²) in [6.07, 6.45) is 0. The lowest BCUT2D eigenvalue weighted by molar-refractivity contribution is -0.134.